The van der Waals surface area contributed by atoms with Crippen molar-refractivity contribution in [2.24, 2.45) is 0 Å². The molecule has 0 saturated heterocycles. The average Bonchev–Trinajstić information content (AvgIpc) is 2.78. The fraction of sp³-hybridized carbons (Fsp3) is 0.100. The van der Waals surface area contributed by atoms with Crippen LogP contribution in [0.4, 0.5) is 0 Å². The number of halogens is 2. The van der Waals surface area contributed by atoms with Gasteiger partial charge in [-0.1, -0.05) is 22.0 Å². The topological polar surface area (TPSA) is 38.1 Å². The number of rotatable bonds is 3. The molecule has 1 atom stereocenters. The first-order valence-corrected chi connectivity index (χ1v) is 9.41. The molecular weight excluding hydrogens is 402 g/mol. The lowest BCUT2D eigenvalue weighted by Gasteiger charge is -2.03. The fourth-order valence-electron chi connectivity index (χ4n) is 1.39. The van der Waals surface area contributed by atoms with Gasteiger partial charge in [-0.3, -0.25) is 0 Å². The third-order valence-corrected chi connectivity index (χ3v) is 4.89. The highest BCUT2D eigenvalue weighted by molar-refractivity contribution is 14.2. The first-order valence-electron chi connectivity index (χ1n) is 4.55. The second-order valence-corrected chi connectivity index (χ2v) is 6.15. The Hall–Kier alpha value is 0.0300. The van der Waals surface area contributed by atoms with Crippen LogP contribution < -0.4 is 0 Å². The summed E-state index contributed by atoms with van der Waals surface area (Å²) in [7, 11) is 0. The van der Waals surface area contributed by atoms with E-state index in [1.807, 2.05) is 35.0 Å². The van der Waals surface area contributed by atoms with Gasteiger partial charge in [-0.15, -0.1) is 0 Å². The van der Waals surface area contributed by atoms with Crippen molar-refractivity contribution in [3.05, 3.63) is 40.6 Å². The summed E-state index contributed by atoms with van der Waals surface area (Å²) in [5.41, 5.74) is 3.04. The average molecular weight is 411 g/mol. The van der Waals surface area contributed by atoms with E-state index in [2.05, 4.69) is 43.1 Å². The van der Waals surface area contributed by atoms with E-state index in [1.165, 1.54) is 0 Å². The zero-order valence-corrected chi connectivity index (χ0v) is 12.9. The zero-order valence-electron chi connectivity index (χ0n) is 8.19. The smallest absolute Gasteiger partial charge is 0.0693 e. The second kappa shape index (κ2) is 5.58. The highest BCUT2D eigenvalue weighted by atomic mass is 127. The quantitative estimate of drug-likeness (QED) is 0.620. The van der Waals surface area contributed by atoms with Crippen molar-refractivity contribution in [1.82, 2.24) is 9.55 Å². The van der Waals surface area contributed by atoms with E-state index in [-0.39, 0.29) is 6.61 Å². The molecule has 1 aromatic heterocycles. The van der Waals surface area contributed by atoms with Crippen molar-refractivity contribution in [2.75, 3.05) is 0 Å². The highest BCUT2D eigenvalue weighted by Crippen LogP contribution is 2.28. The summed E-state index contributed by atoms with van der Waals surface area (Å²) in [4.78, 5) is 0. The molecule has 1 N–H and O–H groups in total. The summed E-state index contributed by atoms with van der Waals surface area (Å²) in [5.74, 6) is 0. The highest BCUT2D eigenvalue weighted by Gasteiger charge is 2.04. The molecule has 3 nitrogen and oxygen atoms in total. The van der Waals surface area contributed by atoms with Crippen molar-refractivity contribution in [3.63, 3.8) is 0 Å². The summed E-state index contributed by atoms with van der Waals surface area (Å²) < 4.78 is 2.83. The van der Waals surface area contributed by atoms with Crippen LogP contribution in [-0.2, 0) is 6.61 Å². The molecule has 6 heteroatoms. The fourth-order valence-corrected chi connectivity index (χ4v) is 2.85. The third kappa shape index (κ3) is 2.64. The summed E-state index contributed by atoms with van der Waals surface area (Å²) in [6.45, 7) is 0.0383. The molecule has 2 aromatic rings. The summed E-state index contributed by atoms with van der Waals surface area (Å²) in [6.07, 6.45) is 4.46. The third-order valence-electron chi connectivity index (χ3n) is 2.22. The van der Waals surface area contributed by atoms with Gasteiger partial charge in [-0.05, 0) is 45.3 Å². The Morgan fingerprint density at radius 1 is 1.44 bits per heavy atom. The van der Waals surface area contributed by atoms with Gasteiger partial charge in [-0.25, -0.2) is 4.45 Å². The van der Waals surface area contributed by atoms with Crippen molar-refractivity contribution in [3.8, 4) is 11.1 Å². The molecule has 0 bridgehead atoms. The van der Waals surface area contributed by atoms with Crippen LogP contribution in [0.25, 0.3) is 11.1 Å². The SMILES string of the molecule is OCc1cc(-c2cnn(PI)c2)ccc1Br. The number of aliphatic hydroxyl groups excluding tert-OH is 1. The van der Waals surface area contributed by atoms with Crippen molar-refractivity contribution in [2.45, 2.75) is 6.61 Å². The number of hydrogen-bond acceptors (Lipinski definition) is 2. The Kier molecular flexibility index (Phi) is 4.35. The molecule has 0 radical (unpaired) electrons. The van der Waals surface area contributed by atoms with E-state index in [0.29, 0.717) is 6.37 Å². The molecule has 1 unspecified atom stereocenters. The Morgan fingerprint density at radius 3 is 2.88 bits per heavy atom. The van der Waals surface area contributed by atoms with Gasteiger partial charge in [0.05, 0.1) is 19.2 Å². The van der Waals surface area contributed by atoms with Gasteiger partial charge in [0, 0.05) is 16.2 Å². The lowest BCUT2D eigenvalue weighted by atomic mass is 10.1. The lowest BCUT2D eigenvalue weighted by Crippen LogP contribution is -1.86. The van der Waals surface area contributed by atoms with Crippen LogP contribution in [0.15, 0.2) is 35.1 Å². The van der Waals surface area contributed by atoms with Gasteiger partial charge < -0.3 is 5.11 Å². The van der Waals surface area contributed by atoms with Crippen molar-refractivity contribution >= 4 is 44.3 Å². The van der Waals surface area contributed by atoms with Crippen LogP contribution in [0.5, 0.6) is 0 Å². The maximum atomic E-state index is 9.19. The molecule has 84 valence electrons. The number of hydrogen-bond donors (Lipinski definition) is 1. The molecule has 2 rings (SSSR count). The van der Waals surface area contributed by atoms with Crippen LogP contribution in [0.3, 0.4) is 0 Å². The molecule has 16 heavy (non-hydrogen) atoms. The van der Waals surface area contributed by atoms with Gasteiger partial charge in [-0.2, -0.15) is 5.10 Å². The molecule has 0 amide bonds. The molecule has 0 fully saturated rings. The minimum absolute atomic E-state index is 0.0383. The largest absolute Gasteiger partial charge is 0.392 e. The number of nitrogens with zero attached hydrogens (tertiary/aromatic N) is 2. The summed E-state index contributed by atoms with van der Waals surface area (Å²) in [5, 5.41) is 13.4. The minimum atomic E-state index is 0.0383. The van der Waals surface area contributed by atoms with Gasteiger partial charge in [0.1, 0.15) is 0 Å². The maximum absolute atomic E-state index is 9.19. The Morgan fingerprint density at radius 2 is 2.25 bits per heavy atom. The normalized spacial score (nSPS) is 11.4. The van der Waals surface area contributed by atoms with Gasteiger partial charge >= 0.3 is 0 Å². The zero-order chi connectivity index (χ0) is 11.5. The van der Waals surface area contributed by atoms with Gasteiger partial charge in [0.25, 0.3) is 0 Å². The lowest BCUT2D eigenvalue weighted by molar-refractivity contribution is 0.281. The molecule has 1 heterocycles. The molecule has 1 aromatic carbocycles. The second-order valence-electron chi connectivity index (χ2n) is 3.22. The van der Waals surface area contributed by atoms with E-state index in [4.69, 9.17) is 0 Å². The summed E-state index contributed by atoms with van der Waals surface area (Å²) >= 11 is 5.69. The summed E-state index contributed by atoms with van der Waals surface area (Å²) in [6, 6.07) is 5.94. The Bertz CT molecular complexity index is 503. The molecule has 0 spiro atoms. The van der Waals surface area contributed by atoms with Crippen LogP contribution >= 0.6 is 44.3 Å². The van der Waals surface area contributed by atoms with Crippen LogP contribution in [0.1, 0.15) is 5.56 Å². The predicted molar refractivity (Wildman–Crippen MR) is 79.0 cm³/mol. The Labute approximate surface area is 117 Å². The van der Waals surface area contributed by atoms with Crippen LogP contribution in [0, 0.1) is 0 Å². The molecule has 0 aliphatic heterocycles. The van der Waals surface area contributed by atoms with Crippen molar-refractivity contribution in [1.29, 1.82) is 0 Å². The predicted octanol–water partition coefficient (Wildman–Crippen LogP) is 3.60. The minimum Gasteiger partial charge on any atom is -0.392 e. The maximum Gasteiger partial charge on any atom is 0.0693 e. The van der Waals surface area contributed by atoms with E-state index in [9.17, 15) is 5.11 Å². The molecule has 0 aliphatic carbocycles. The first kappa shape index (κ1) is 12.5. The molecular formula is C10H9BrIN2OP. The first-order chi connectivity index (χ1) is 7.74. The standard InChI is InChI=1S/C10H9BrIN2OP/c11-10-2-1-7(3-8(10)6-15)9-4-13-14(5-9)16-12/h1-5,15-16H,6H2. The van der Waals surface area contributed by atoms with E-state index < -0.39 is 0 Å². The van der Waals surface area contributed by atoms with E-state index >= 15 is 0 Å². The van der Waals surface area contributed by atoms with Gasteiger partial charge in [0.15, 0.2) is 0 Å². The number of benzene rings is 1. The number of aliphatic hydroxyl groups is 1. The van der Waals surface area contributed by atoms with Crippen LogP contribution in [0.2, 0.25) is 0 Å². The van der Waals surface area contributed by atoms with Crippen molar-refractivity contribution < 1.29 is 5.11 Å². The van der Waals surface area contributed by atoms with Gasteiger partial charge in [0.2, 0.25) is 0 Å². The van der Waals surface area contributed by atoms with E-state index in [0.717, 1.165) is 21.2 Å². The molecule has 0 saturated carbocycles. The van der Waals surface area contributed by atoms with E-state index in [1.54, 1.807) is 0 Å². The monoisotopic (exact) mass is 410 g/mol. The Balaban J connectivity index is 2.40. The number of aromatic nitrogens is 2. The van der Waals surface area contributed by atoms with Crippen LogP contribution in [-0.4, -0.2) is 14.7 Å². The molecule has 0 aliphatic rings.